The lowest BCUT2D eigenvalue weighted by atomic mass is 10.3. The molecule has 0 fully saturated rings. The highest BCUT2D eigenvalue weighted by Crippen LogP contribution is 1.82. The first-order chi connectivity index (χ1) is 3.27. The molecule has 0 spiro atoms. The van der Waals surface area contributed by atoms with Crippen LogP contribution in [0, 0.1) is 0 Å². The number of Topliss-reactive ketones (excluding diaryl/α,β-unsaturated/α-hetero) is 1. The lowest BCUT2D eigenvalue weighted by Gasteiger charge is -1.76. The predicted molar refractivity (Wildman–Crippen MR) is 25.5 cm³/mol. The molecule has 0 bridgehead atoms. The molecule has 0 aliphatic heterocycles. The number of carbonyl (C=O) groups excluding carboxylic acids is 1. The third kappa shape index (κ3) is 5.34. The Morgan fingerprint density at radius 3 is 2.57 bits per heavy atom. The summed E-state index contributed by atoms with van der Waals surface area (Å²) in [6.45, 7) is 1.42. The Bertz CT molecular complexity index is 86.1. The number of hydrogen-bond donors (Lipinski definition) is 0. The molecule has 0 aromatic rings. The number of carbonyl (C=O) groups is 1. The summed E-state index contributed by atoms with van der Waals surface area (Å²) >= 11 is 0. The van der Waals surface area contributed by atoms with Gasteiger partial charge in [-0.3, -0.25) is 4.79 Å². The van der Waals surface area contributed by atoms with Crippen molar-refractivity contribution in [2.24, 2.45) is 0 Å². The van der Waals surface area contributed by atoms with Crippen LogP contribution in [0.2, 0.25) is 0 Å². The highest BCUT2D eigenvalue weighted by molar-refractivity contribution is 5.76. The second kappa shape index (κ2) is 3.53. The fourth-order valence-electron chi connectivity index (χ4n) is 0.211. The van der Waals surface area contributed by atoms with E-state index in [1.54, 1.807) is 0 Å². The molecule has 1 nitrogen and oxygen atoms in total. The van der Waals surface area contributed by atoms with E-state index in [0.717, 1.165) is 0 Å². The summed E-state index contributed by atoms with van der Waals surface area (Å²) in [6, 6.07) is 0. The Hall–Kier alpha value is -0.660. The minimum absolute atomic E-state index is 0.0195. The van der Waals surface area contributed by atoms with Gasteiger partial charge in [0.1, 0.15) is 5.78 Å². The lowest BCUT2D eigenvalue weighted by Crippen LogP contribution is -1.82. The number of hydrogen-bond acceptors (Lipinski definition) is 1. The quantitative estimate of drug-likeness (QED) is 0.515. The SMILES string of the molecule is CC(=O)C/C=C/F. The molecule has 0 aromatic carbocycles. The van der Waals surface area contributed by atoms with Gasteiger partial charge >= 0.3 is 0 Å². The largest absolute Gasteiger partial charge is 0.300 e. The van der Waals surface area contributed by atoms with Gasteiger partial charge in [-0.1, -0.05) is 0 Å². The highest BCUT2D eigenvalue weighted by Gasteiger charge is 1.82. The van der Waals surface area contributed by atoms with Crippen LogP contribution in [0.1, 0.15) is 13.3 Å². The van der Waals surface area contributed by atoms with Crippen LogP contribution in [0.25, 0.3) is 0 Å². The third-order valence-corrected chi connectivity index (χ3v) is 0.494. The van der Waals surface area contributed by atoms with E-state index >= 15 is 0 Å². The molecule has 0 saturated carbocycles. The topological polar surface area (TPSA) is 17.1 Å². The number of allylic oxidation sites excluding steroid dienone is 1. The molecule has 0 aliphatic rings. The first kappa shape index (κ1) is 6.34. The Kier molecular flexibility index (Phi) is 3.19. The molecule has 2 heteroatoms. The van der Waals surface area contributed by atoms with Gasteiger partial charge in [-0.2, -0.15) is 0 Å². The second-order valence-corrected chi connectivity index (χ2v) is 1.27. The molecule has 0 amide bonds. The van der Waals surface area contributed by atoms with Crippen LogP contribution in [0.15, 0.2) is 12.4 Å². The molecule has 0 rings (SSSR count). The maximum atomic E-state index is 11.0. The lowest BCUT2D eigenvalue weighted by molar-refractivity contribution is -0.116. The fourth-order valence-corrected chi connectivity index (χ4v) is 0.211. The van der Waals surface area contributed by atoms with E-state index in [4.69, 9.17) is 0 Å². The fraction of sp³-hybridized carbons (Fsp3) is 0.400. The van der Waals surface area contributed by atoms with Crippen LogP contribution in [0.5, 0.6) is 0 Å². The average molecular weight is 102 g/mol. The van der Waals surface area contributed by atoms with E-state index in [2.05, 4.69) is 0 Å². The van der Waals surface area contributed by atoms with Crippen molar-refractivity contribution >= 4 is 5.78 Å². The Morgan fingerprint density at radius 1 is 1.86 bits per heavy atom. The zero-order valence-corrected chi connectivity index (χ0v) is 4.15. The Morgan fingerprint density at radius 2 is 2.43 bits per heavy atom. The minimum atomic E-state index is -0.0195. The first-order valence-electron chi connectivity index (χ1n) is 2.02. The van der Waals surface area contributed by atoms with E-state index in [1.165, 1.54) is 13.0 Å². The van der Waals surface area contributed by atoms with Crippen LogP contribution in [0.3, 0.4) is 0 Å². The van der Waals surface area contributed by atoms with Crippen molar-refractivity contribution in [1.82, 2.24) is 0 Å². The normalized spacial score (nSPS) is 10.0. The summed E-state index contributed by atoms with van der Waals surface area (Å²) in [6.07, 6.45) is 1.76. The summed E-state index contributed by atoms with van der Waals surface area (Å²) in [5.41, 5.74) is 0. The number of ketones is 1. The summed E-state index contributed by atoms with van der Waals surface area (Å²) in [4.78, 5) is 9.98. The summed E-state index contributed by atoms with van der Waals surface area (Å²) < 4.78 is 11.0. The van der Waals surface area contributed by atoms with Crippen LogP contribution in [-0.2, 0) is 4.79 Å². The maximum Gasteiger partial charge on any atom is 0.133 e. The highest BCUT2D eigenvalue weighted by atomic mass is 19.1. The van der Waals surface area contributed by atoms with E-state index < -0.39 is 0 Å². The molecule has 0 radical (unpaired) electrons. The van der Waals surface area contributed by atoms with Crippen LogP contribution >= 0.6 is 0 Å². The van der Waals surface area contributed by atoms with Crippen molar-refractivity contribution in [2.45, 2.75) is 13.3 Å². The summed E-state index contributed by atoms with van der Waals surface area (Å²) in [5.74, 6) is -0.0195. The van der Waals surface area contributed by atoms with Gasteiger partial charge in [-0.25, -0.2) is 4.39 Å². The van der Waals surface area contributed by atoms with Crippen LogP contribution in [0.4, 0.5) is 4.39 Å². The van der Waals surface area contributed by atoms with Gasteiger partial charge < -0.3 is 0 Å². The molecule has 40 valence electrons. The standard InChI is InChI=1S/C5H7FO/c1-5(7)3-2-4-6/h2,4H,3H2,1H3/b4-2+. The monoisotopic (exact) mass is 102 g/mol. The first-order valence-corrected chi connectivity index (χ1v) is 2.02. The zero-order chi connectivity index (χ0) is 5.70. The predicted octanol–water partition coefficient (Wildman–Crippen LogP) is 1.45. The van der Waals surface area contributed by atoms with Crippen molar-refractivity contribution in [3.8, 4) is 0 Å². The van der Waals surface area contributed by atoms with Crippen molar-refractivity contribution in [2.75, 3.05) is 0 Å². The van der Waals surface area contributed by atoms with Gasteiger partial charge in [0.05, 0.1) is 6.33 Å². The molecular formula is C5H7FO. The zero-order valence-electron chi connectivity index (χ0n) is 4.15. The molecule has 0 aromatic heterocycles. The molecule has 0 unspecified atom stereocenters. The van der Waals surface area contributed by atoms with Crippen molar-refractivity contribution in [1.29, 1.82) is 0 Å². The molecular weight excluding hydrogens is 95.1 g/mol. The van der Waals surface area contributed by atoms with E-state index in [9.17, 15) is 9.18 Å². The van der Waals surface area contributed by atoms with Crippen LogP contribution < -0.4 is 0 Å². The second-order valence-electron chi connectivity index (χ2n) is 1.27. The number of halogens is 1. The van der Waals surface area contributed by atoms with E-state index in [-0.39, 0.29) is 12.2 Å². The van der Waals surface area contributed by atoms with Crippen LogP contribution in [-0.4, -0.2) is 5.78 Å². The van der Waals surface area contributed by atoms with Crippen molar-refractivity contribution < 1.29 is 9.18 Å². The van der Waals surface area contributed by atoms with Gasteiger partial charge in [0.25, 0.3) is 0 Å². The maximum absolute atomic E-state index is 11.0. The number of rotatable bonds is 2. The molecule has 0 N–H and O–H groups in total. The minimum Gasteiger partial charge on any atom is -0.300 e. The van der Waals surface area contributed by atoms with Crippen molar-refractivity contribution in [3.63, 3.8) is 0 Å². The molecule has 0 atom stereocenters. The third-order valence-electron chi connectivity index (χ3n) is 0.494. The van der Waals surface area contributed by atoms with Gasteiger partial charge in [-0.05, 0) is 13.0 Å². The summed E-state index contributed by atoms with van der Waals surface area (Å²) in [5, 5.41) is 0. The molecule has 0 heterocycles. The summed E-state index contributed by atoms with van der Waals surface area (Å²) in [7, 11) is 0. The van der Waals surface area contributed by atoms with E-state index in [0.29, 0.717) is 6.33 Å². The van der Waals surface area contributed by atoms with Gasteiger partial charge in [0.2, 0.25) is 0 Å². The molecule has 0 aliphatic carbocycles. The average Bonchev–Trinajstić information content (AvgIpc) is 1.61. The van der Waals surface area contributed by atoms with Gasteiger partial charge in [0, 0.05) is 6.42 Å². The Labute approximate surface area is 41.8 Å². The molecule has 0 saturated heterocycles. The van der Waals surface area contributed by atoms with Crippen molar-refractivity contribution in [3.05, 3.63) is 12.4 Å². The smallest absolute Gasteiger partial charge is 0.133 e. The van der Waals surface area contributed by atoms with Gasteiger partial charge in [0.15, 0.2) is 0 Å². The van der Waals surface area contributed by atoms with E-state index in [1.807, 2.05) is 0 Å². The molecule has 7 heavy (non-hydrogen) atoms. The Balaban J connectivity index is 3.14. The van der Waals surface area contributed by atoms with Gasteiger partial charge in [-0.15, -0.1) is 0 Å².